The summed E-state index contributed by atoms with van der Waals surface area (Å²) >= 11 is 4.31. The number of nitro benzene ring substituents is 1. The molecule has 0 saturated heterocycles. The normalized spacial score (nSPS) is 10.5. The number of anilines is 1. The summed E-state index contributed by atoms with van der Waals surface area (Å²) in [6.45, 7) is 0. The fourth-order valence-corrected chi connectivity index (χ4v) is 3.71. The number of aromatic carboxylic acids is 1. The van der Waals surface area contributed by atoms with E-state index in [1.54, 1.807) is 29.6 Å². The van der Waals surface area contributed by atoms with Crippen LogP contribution in [0.25, 0.3) is 11.1 Å². The van der Waals surface area contributed by atoms with Crippen molar-refractivity contribution < 1.29 is 24.7 Å². The third-order valence-electron chi connectivity index (χ3n) is 3.82. The summed E-state index contributed by atoms with van der Waals surface area (Å²) in [4.78, 5) is 34.5. The summed E-state index contributed by atoms with van der Waals surface area (Å²) in [7, 11) is 0. The molecule has 0 fully saturated rings. The number of nitrogens with zero attached hydrogens (tertiary/aromatic N) is 1. The molecule has 8 nitrogen and oxygen atoms in total. The molecule has 3 rings (SSSR count). The Bertz CT molecular complexity index is 1090. The standard InChI is InChI=1S/C18H11BrN2O6S/c19-10-3-1-9(2-4-10)13-8-28-17(15(13)18(24)25)20-16(23)12-7-11(21(26)27)5-6-14(12)22/h1-8,22H,(H,20,23)(H,24,25). The summed E-state index contributed by atoms with van der Waals surface area (Å²) in [5.74, 6) is -2.55. The Morgan fingerprint density at radius 3 is 2.43 bits per heavy atom. The van der Waals surface area contributed by atoms with Crippen molar-refractivity contribution >= 4 is 49.8 Å². The first kappa shape index (κ1) is 19.5. The van der Waals surface area contributed by atoms with Crippen LogP contribution in [0.5, 0.6) is 5.75 Å². The van der Waals surface area contributed by atoms with Crippen molar-refractivity contribution in [1.82, 2.24) is 0 Å². The lowest BCUT2D eigenvalue weighted by Crippen LogP contribution is -2.14. The number of halogens is 1. The van der Waals surface area contributed by atoms with Gasteiger partial charge in [-0.1, -0.05) is 28.1 Å². The van der Waals surface area contributed by atoms with Crippen molar-refractivity contribution in [3.63, 3.8) is 0 Å². The topological polar surface area (TPSA) is 130 Å². The molecular formula is C18H11BrN2O6S. The van der Waals surface area contributed by atoms with Crippen molar-refractivity contribution in [2.45, 2.75) is 0 Å². The van der Waals surface area contributed by atoms with Gasteiger partial charge in [0, 0.05) is 27.5 Å². The second-order valence-corrected chi connectivity index (χ2v) is 7.37. The van der Waals surface area contributed by atoms with Gasteiger partial charge < -0.3 is 15.5 Å². The van der Waals surface area contributed by atoms with E-state index in [-0.39, 0.29) is 21.8 Å². The predicted molar refractivity (Wildman–Crippen MR) is 107 cm³/mol. The number of non-ortho nitro benzene ring substituents is 1. The summed E-state index contributed by atoms with van der Waals surface area (Å²) in [6, 6.07) is 10.0. The predicted octanol–water partition coefficient (Wildman–Crippen LogP) is 4.74. The minimum absolute atomic E-state index is 0.0568. The molecule has 1 aromatic heterocycles. The molecule has 3 N–H and O–H groups in total. The molecule has 0 aliphatic heterocycles. The van der Waals surface area contributed by atoms with Gasteiger partial charge in [-0.05, 0) is 23.8 Å². The number of hydrogen-bond donors (Lipinski definition) is 3. The average Bonchev–Trinajstić information content (AvgIpc) is 3.06. The van der Waals surface area contributed by atoms with Crippen LogP contribution < -0.4 is 5.32 Å². The Kier molecular flexibility index (Phi) is 5.43. The Hall–Kier alpha value is -3.24. The van der Waals surface area contributed by atoms with Crippen molar-refractivity contribution in [3.05, 3.63) is 73.6 Å². The Balaban J connectivity index is 1.98. The van der Waals surface area contributed by atoms with Crippen LogP contribution in [-0.4, -0.2) is 27.0 Å². The number of carbonyl (C=O) groups excluding carboxylic acids is 1. The van der Waals surface area contributed by atoms with Gasteiger partial charge in [0.15, 0.2) is 0 Å². The Morgan fingerprint density at radius 2 is 1.82 bits per heavy atom. The number of benzene rings is 2. The van der Waals surface area contributed by atoms with Crippen LogP contribution in [0.1, 0.15) is 20.7 Å². The lowest BCUT2D eigenvalue weighted by Gasteiger charge is -2.07. The minimum Gasteiger partial charge on any atom is -0.507 e. The monoisotopic (exact) mass is 462 g/mol. The van der Waals surface area contributed by atoms with Crippen LogP contribution >= 0.6 is 27.3 Å². The number of carboxylic acids is 1. The average molecular weight is 463 g/mol. The van der Waals surface area contributed by atoms with Crippen LogP contribution in [0.2, 0.25) is 0 Å². The Morgan fingerprint density at radius 1 is 1.14 bits per heavy atom. The summed E-state index contributed by atoms with van der Waals surface area (Å²) in [5.41, 5.74) is 0.261. The van der Waals surface area contributed by atoms with Crippen molar-refractivity contribution in [2.24, 2.45) is 0 Å². The molecule has 3 aromatic rings. The first-order valence-electron chi connectivity index (χ1n) is 7.67. The van der Waals surface area contributed by atoms with E-state index in [1.807, 2.05) is 0 Å². The minimum atomic E-state index is -1.24. The van der Waals surface area contributed by atoms with Gasteiger partial charge in [-0.25, -0.2) is 4.79 Å². The van der Waals surface area contributed by atoms with Crippen LogP contribution in [0, 0.1) is 10.1 Å². The molecule has 0 aliphatic rings. The molecular weight excluding hydrogens is 452 g/mol. The SMILES string of the molecule is O=C(Nc1scc(-c2ccc(Br)cc2)c1C(=O)O)c1cc([N+](=O)[O-])ccc1O. The molecule has 0 saturated carbocycles. The van der Waals surface area contributed by atoms with E-state index in [4.69, 9.17) is 0 Å². The van der Waals surface area contributed by atoms with E-state index in [1.165, 1.54) is 0 Å². The van der Waals surface area contributed by atoms with Crippen molar-refractivity contribution in [2.75, 3.05) is 5.32 Å². The number of carbonyl (C=O) groups is 2. The van der Waals surface area contributed by atoms with Crippen molar-refractivity contribution in [3.8, 4) is 16.9 Å². The highest BCUT2D eigenvalue weighted by atomic mass is 79.9. The molecule has 0 atom stereocenters. The molecule has 0 spiro atoms. The van der Waals surface area contributed by atoms with E-state index >= 15 is 0 Å². The van der Waals surface area contributed by atoms with Gasteiger partial charge in [0.25, 0.3) is 11.6 Å². The zero-order valence-corrected chi connectivity index (χ0v) is 16.3. The Labute approximate surface area is 170 Å². The number of aromatic hydroxyl groups is 1. The fraction of sp³-hybridized carbons (Fsp3) is 0. The van der Waals surface area contributed by atoms with E-state index in [2.05, 4.69) is 21.2 Å². The van der Waals surface area contributed by atoms with Crippen LogP contribution in [-0.2, 0) is 0 Å². The van der Waals surface area contributed by atoms with E-state index < -0.39 is 22.5 Å². The second kappa shape index (κ2) is 7.79. The number of carboxylic acid groups (broad SMARTS) is 1. The van der Waals surface area contributed by atoms with Crippen molar-refractivity contribution in [1.29, 1.82) is 0 Å². The lowest BCUT2D eigenvalue weighted by molar-refractivity contribution is -0.384. The lowest BCUT2D eigenvalue weighted by atomic mass is 10.0. The molecule has 10 heteroatoms. The number of nitro groups is 1. The van der Waals surface area contributed by atoms with Gasteiger partial charge >= 0.3 is 5.97 Å². The molecule has 0 bridgehead atoms. The summed E-state index contributed by atoms with van der Waals surface area (Å²) < 4.78 is 0.832. The van der Waals surface area contributed by atoms with Crippen LogP contribution in [0.4, 0.5) is 10.7 Å². The highest BCUT2D eigenvalue weighted by Crippen LogP contribution is 2.36. The van der Waals surface area contributed by atoms with Gasteiger partial charge in [0.2, 0.25) is 0 Å². The summed E-state index contributed by atoms with van der Waals surface area (Å²) in [5, 5.41) is 34.4. The highest BCUT2D eigenvalue weighted by molar-refractivity contribution is 9.10. The van der Waals surface area contributed by atoms with Gasteiger partial charge in [0.1, 0.15) is 16.3 Å². The third kappa shape index (κ3) is 3.87. The van der Waals surface area contributed by atoms with Gasteiger partial charge in [0.05, 0.1) is 10.5 Å². The number of phenols is 1. The number of thiophene rings is 1. The molecule has 28 heavy (non-hydrogen) atoms. The maximum Gasteiger partial charge on any atom is 0.339 e. The van der Waals surface area contributed by atoms with Crippen LogP contribution in [0.3, 0.4) is 0 Å². The molecule has 1 heterocycles. The maximum absolute atomic E-state index is 12.5. The molecule has 0 unspecified atom stereocenters. The maximum atomic E-state index is 12.5. The van der Waals surface area contributed by atoms with Gasteiger partial charge in [-0.15, -0.1) is 11.3 Å². The van der Waals surface area contributed by atoms with E-state index in [9.17, 15) is 29.9 Å². The number of amides is 1. The molecule has 0 radical (unpaired) electrons. The number of hydrogen-bond acceptors (Lipinski definition) is 6. The van der Waals surface area contributed by atoms with E-state index in [0.29, 0.717) is 11.1 Å². The number of rotatable bonds is 5. The molecule has 0 aliphatic carbocycles. The largest absolute Gasteiger partial charge is 0.507 e. The van der Waals surface area contributed by atoms with Gasteiger partial charge in [-0.2, -0.15) is 0 Å². The zero-order valence-electron chi connectivity index (χ0n) is 13.9. The molecule has 2 aromatic carbocycles. The first-order chi connectivity index (χ1) is 13.3. The number of phenolic OH excluding ortho intramolecular Hbond substituents is 1. The van der Waals surface area contributed by atoms with Crippen LogP contribution in [0.15, 0.2) is 52.3 Å². The van der Waals surface area contributed by atoms with E-state index in [0.717, 1.165) is 34.0 Å². The second-order valence-electron chi connectivity index (χ2n) is 5.58. The third-order valence-corrected chi connectivity index (χ3v) is 5.25. The highest BCUT2D eigenvalue weighted by Gasteiger charge is 2.23. The number of nitrogens with one attached hydrogen (secondary N) is 1. The smallest absolute Gasteiger partial charge is 0.339 e. The molecule has 142 valence electrons. The van der Waals surface area contributed by atoms with Gasteiger partial charge in [-0.3, -0.25) is 14.9 Å². The fourth-order valence-electron chi connectivity index (χ4n) is 2.49. The quantitative estimate of drug-likeness (QED) is 0.370. The first-order valence-corrected chi connectivity index (χ1v) is 9.34. The summed E-state index contributed by atoms with van der Waals surface area (Å²) in [6.07, 6.45) is 0. The zero-order chi connectivity index (χ0) is 20.4. The molecule has 1 amide bonds.